The van der Waals surface area contributed by atoms with E-state index < -0.39 is 0 Å². The first-order valence-electron chi connectivity index (χ1n) is 5.61. The molecule has 1 aliphatic heterocycles. The Balaban J connectivity index is 1.70. The van der Waals surface area contributed by atoms with Gasteiger partial charge in [0.05, 0.1) is 18.6 Å². The minimum atomic E-state index is 0.0113. The summed E-state index contributed by atoms with van der Waals surface area (Å²) in [6.07, 6.45) is 7.73. The number of hydrogen-bond donors (Lipinski definition) is 1. The fourth-order valence-electron chi connectivity index (χ4n) is 2.18. The van der Waals surface area contributed by atoms with Gasteiger partial charge in [0.15, 0.2) is 0 Å². The van der Waals surface area contributed by atoms with Crippen LogP contribution in [0.3, 0.4) is 0 Å². The molecule has 88 valence electrons. The van der Waals surface area contributed by atoms with E-state index in [1.807, 2.05) is 21.8 Å². The molecular weight excluding hydrogens is 218 g/mol. The van der Waals surface area contributed by atoms with E-state index in [4.69, 9.17) is 0 Å². The van der Waals surface area contributed by atoms with Gasteiger partial charge in [0.1, 0.15) is 5.69 Å². The van der Waals surface area contributed by atoms with Gasteiger partial charge in [0.25, 0.3) is 5.91 Å². The van der Waals surface area contributed by atoms with E-state index in [1.165, 1.54) is 6.33 Å². The molecule has 0 radical (unpaired) electrons. The molecule has 0 aromatic carbocycles. The van der Waals surface area contributed by atoms with Crippen LogP contribution >= 0.6 is 0 Å². The molecule has 0 saturated carbocycles. The Morgan fingerprint density at radius 2 is 2.47 bits per heavy atom. The number of carbonyl (C=O) groups excluding carboxylic acids is 1. The summed E-state index contributed by atoms with van der Waals surface area (Å²) >= 11 is 0. The molecule has 3 heterocycles. The van der Waals surface area contributed by atoms with Gasteiger partial charge < -0.3 is 9.88 Å². The second-order valence-electron chi connectivity index (χ2n) is 4.15. The lowest BCUT2D eigenvalue weighted by atomic mass is 10.3. The monoisotopic (exact) mass is 231 g/mol. The van der Waals surface area contributed by atoms with Gasteiger partial charge in [-0.25, -0.2) is 4.98 Å². The Hall–Kier alpha value is -2.11. The summed E-state index contributed by atoms with van der Waals surface area (Å²) in [7, 11) is 0. The Morgan fingerprint density at radius 1 is 1.53 bits per heavy atom. The maximum absolute atomic E-state index is 12.0. The van der Waals surface area contributed by atoms with Gasteiger partial charge in [-0.2, -0.15) is 5.10 Å². The topological polar surface area (TPSA) is 66.8 Å². The lowest BCUT2D eigenvalue weighted by Gasteiger charge is -2.15. The van der Waals surface area contributed by atoms with Crippen molar-refractivity contribution in [2.24, 2.45) is 0 Å². The first-order chi connectivity index (χ1) is 8.34. The molecule has 2 aromatic rings. The molecule has 0 aliphatic carbocycles. The average Bonchev–Trinajstić information content (AvgIpc) is 3.09. The number of nitrogens with zero attached hydrogens (tertiary/aromatic N) is 4. The second kappa shape index (κ2) is 4.04. The van der Waals surface area contributed by atoms with Crippen molar-refractivity contribution in [3.63, 3.8) is 0 Å². The van der Waals surface area contributed by atoms with E-state index in [0.29, 0.717) is 12.2 Å². The standard InChI is InChI=1S/C11H13N5O/c17-11(10-6-12-8-13-10)15-5-2-9(7-15)16-4-1-3-14-16/h1,3-4,6,8-9H,2,5,7H2,(H,12,13). The molecule has 1 atom stereocenters. The number of carbonyl (C=O) groups is 1. The molecule has 0 bridgehead atoms. The fourth-order valence-corrected chi connectivity index (χ4v) is 2.18. The number of aromatic nitrogens is 4. The number of nitrogens with one attached hydrogen (secondary N) is 1. The van der Waals surface area contributed by atoms with E-state index in [0.717, 1.165) is 13.0 Å². The third-order valence-corrected chi connectivity index (χ3v) is 3.08. The predicted octanol–water partition coefficient (Wildman–Crippen LogP) is 0.693. The third-order valence-electron chi connectivity index (χ3n) is 3.08. The van der Waals surface area contributed by atoms with Gasteiger partial charge in [-0.1, -0.05) is 0 Å². The van der Waals surface area contributed by atoms with Gasteiger partial charge in [-0.3, -0.25) is 9.48 Å². The van der Waals surface area contributed by atoms with Crippen LogP contribution in [0.1, 0.15) is 23.0 Å². The molecule has 1 amide bonds. The van der Waals surface area contributed by atoms with Crippen LogP contribution in [0.5, 0.6) is 0 Å². The van der Waals surface area contributed by atoms with E-state index in [9.17, 15) is 4.79 Å². The van der Waals surface area contributed by atoms with Gasteiger partial charge in [-0.05, 0) is 12.5 Å². The molecule has 1 saturated heterocycles. The molecule has 17 heavy (non-hydrogen) atoms. The summed E-state index contributed by atoms with van der Waals surface area (Å²) in [4.78, 5) is 20.6. The van der Waals surface area contributed by atoms with Crippen LogP contribution in [0.25, 0.3) is 0 Å². The van der Waals surface area contributed by atoms with Crippen LogP contribution < -0.4 is 0 Å². The number of aromatic amines is 1. The summed E-state index contributed by atoms with van der Waals surface area (Å²) in [6, 6.07) is 2.19. The highest BCUT2D eigenvalue weighted by Gasteiger charge is 2.28. The van der Waals surface area contributed by atoms with Gasteiger partial charge in [0, 0.05) is 25.5 Å². The molecule has 1 aliphatic rings. The maximum Gasteiger partial charge on any atom is 0.271 e. The van der Waals surface area contributed by atoms with Crippen molar-refractivity contribution in [3.8, 4) is 0 Å². The minimum Gasteiger partial charge on any atom is -0.341 e. The Morgan fingerprint density at radius 3 is 3.18 bits per heavy atom. The second-order valence-corrected chi connectivity index (χ2v) is 4.15. The molecule has 1 N–H and O–H groups in total. The molecule has 2 aromatic heterocycles. The maximum atomic E-state index is 12.0. The van der Waals surface area contributed by atoms with E-state index in [1.54, 1.807) is 12.4 Å². The number of imidazole rings is 1. The molecule has 1 unspecified atom stereocenters. The zero-order chi connectivity index (χ0) is 11.7. The summed E-state index contributed by atoms with van der Waals surface area (Å²) in [5, 5.41) is 4.21. The molecule has 3 rings (SSSR count). The zero-order valence-corrected chi connectivity index (χ0v) is 9.28. The van der Waals surface area contributed by atoms with Gasteiger partial charge >= 0.3 is 0 Å². The Kier molecular flexibility index (Phi) is 2.40. The number of H-pyrrole nitrogens is 1. The lowest BCUT2D eigenvalue weighted by Crippen LogP contribution is -2.29. The van der Waals surface area contributed by atoms with Crippen LogP contribution in [0.15, 0.2) is 31.0 Å². The summed E-state index contributed by atoms with van der Waals surface area (Å²) in [5.41, 5.74) is 0.547. The van der Waals surface area contributed by atoms with Crippen molar-refractivity contribution < 1.29 is 4.79 Å². The largest absolute Gasteiger partial charge is 0.341 e. The Bertz CT molecular complexity index is 490. The average molecular weight is 231 g/mol. The van der Waals surface area contributed by atoms with E-state index in [-0.39, 0.29) is 11.9 Å². The highest BCUT2D eigenvalue weighted by molar-refractivity contribution is 5.92. The highest BCUT2D eigenvalue weighted by Crippen LogP contribution is 2.21. The minimum absolute atomic E-state index is 0.0113. The van der Waals surface area contributed by atoms with Crippen LogP contribution in [0.2, 0.25) is 0 Å². The van der Waals surface area contributed by atoms with Crippen molar-refractivity contribution in [1.29, 1.82) is 0 Å². The van der Waals surface area contributed by atoms with Crippen LogP contribution in [0, 0.1) is 0 Å². The smallest absolute Gasteiger partial charge is 0.271 e. The molecule has 1 fully saturated rings. The van der Waals surface area contributed by atoms with E-state index >= 15 is 0 Å². The highest BCUT2D eigenvalue weighted by atomic mass is 16.2. The fraction of sp³-hybridized carbons (Fsp3) is 0.364. The molecular formula is C11H13N5O. The zero-order valence-electron chi connectivity index (χ0n) is 9.28. The normalized spacial score (nSPS) is 19.8. The SMILES string of the molecule is O=C(c1cnc[nH]1)N1CCC(n2cccn2)C1. The number of hydrogen-bond acceptors (Lipinski definition) is 3. The summed E-state index contributed by atoms with van der Waals surface area (Å²) in [6.45, 7) is 1.47. The quantitative estimate of drug-likeness (QED) is 0.827. The first kappa shape index (κ1) is 10.1. The van der Waals surface area contributed by atoms with Crippen molar-refractivity contribution in [1.82, 2.24) is 24.6 Å². The number of likely N-dealkylation sites (tertiary alicyclic amines) is 1. The molecule has 6 heteroatoms. The van der Waals surface area contributed by atoms with Gasteiger partial charge in [-0.15, -0.1) is 0 Å². The summed E-state index contributed by atoms with van der Waals surface area (Å²) in [5.74, 6) is 0.0113. The Labute approximate surface area is 98.3 Å². The van der Waals surface area contributed by atoms with Crippen LogP contribution in [-0.2, 0) is 0 Å². The van der Waals surface area contributed by atoms with Crippen LogP contribution in [0.4, 0.5) is 0 Å². The van der Waals surface area contributed by atoms with Crippen molar-refractivity contribution >= 4 is 5.91 Å². The molecule has 0 spiro atoms. The van der Waals surface area contributed by atoms with Crippen molar-refractivity contribution in [3.05, 3.63) is 36.7 Å². The molecule has 6 nitrogen and oxygen atoms in total. The van der Waals surface area contributed by atoms with Crippen molar-refractivity contribution in [2.75, 3.05) is 13.1 Å². The van der Waals surface area contributed by atoms with Crippen LogP contribution in [-0.4, -0.2) is 43.6 Å². The number of amides is 1. The van der Waals surface area contributed by atoms with Gasteiger partial charge in [0.2, 0.25) is 0 Å². The summed E-state index contributed by atoms with van der Waals surface area (Å²) < 4.78 is 1.92. The number of rotatable bonds is 2. The first-order valence-corrected chi connectivity index (χ1v) is 5.61. The van der Waals surface area contributed by atoms with E-state index in [2.05, 4.69) is 15.1 Å². The predicted molar refractivity (Wildman–Crippen MR) is 60.4 cm³/mol. The third kappa shape index (κ3) is 1.82. The lowest BCUT2D eigenvalue weighted by molar-refractivity contribution is 0.0782. The van der Waals surface area contributed by atoms with Crippen molar-refractivity contribution in [2.45, 2.75) is 12.5 Å².